The number of rotatable bonds is 3. The molecular weight excluding hydrogens is 494 g/mol. The Kier molecular flexibility index (Phi) is 5.00. The van der Waals surface area contributed by atoms with Crippen molar-refractivity contribution in [2.45, 2.75) is 0 Å². The van der Waals surface area contributed by atoms with E-state index in [0.717, 1.165) is 59.9 Å². The Bertz CT molecular complexity index is 2160. The molecule has 8 aromatic rings. The van der Waals surface area contributed by atoms with E-state index in [2.05, 4.69) is 114 Å². The summed E-state index contributed by atoms with van der Waals surface area (Å²) in [5.41, 5.74) is 7.46. The fourth-order valence-corrected chi connectivity index (χ4v) is 6.61. The second kappa shape index (κ2) is 8.83. The van der Waals surface area contributed by atoms with Crippen LogP contribution in [0.25, 0.3) is 75.8 Å². The van der Waals surface area contributed by atoms with E-state index in [-0.39, 0.29) is 0 Å². The Balaban J connectivity index is 1.41. The topological polar surface area (TPSA) is 38.7 Å². The summed E-state index contributed by atoms with van der Waals surface area (Å²) >= 11 is 1.76. The average Bonchev–Trinajstić information content (AvgIpc) is 3.39. The maximum Gasteiger partial charge on any atom is 0.161 e. The minimum atomic E-state index is 0.732. The molecule has 0 aliphatic heterocycles. The normalized spacial score (nSPS) is 11.6. The number of pyridine rings is 1. The van der Waals surface area contributed by atoms with Crippen molar-refractivity contribution in [3.63, 3.8) is 0 Å². The molecule has 8 rings (SSSR count). The lowest BCUT2D eigenvalue weighted by Crippen LogP contribution is -1.95. The predicted octanol–water partition coefficient (Wildman–Crippen LogP) is 9.55. The number of hydrogen-bond donors (Lipinski definition) is 0. The van der Waals surface area contributed by atoms with Gasteiger partial charge < -0.3 is 0 Å². The Hall–Kier alpha value is -4.93. The third kappa shape index (κ3) is 3.61. The Morgan fingerprint density at radius 2 is 1.21 bits per heavy atom. The molecule has 0 amide bonds. The number of nitrogens with zero attached hydrogens (tertiary/aromatic N) is 3. The summed E-state index contributed by atoms with van der Waals surface area (Å²) < 4.78 is 2.33. The summed E-state index contributed by atoms with van der Waals surface area (Å²) in [6.07, 6.45) is 1.85. The smallest absolute Gasteiger partial charge is 0.161 e. The molecule has 0 fully saturated rings. The van der Waals surface area contributed by atoms with Gasteiger partial charge in [-0.15, -0.1) is 11.3 Å². The number of fused-ring (bicyclic) bond motifs is 6. The predicted molar refractivity (Wildman–Crippen MR) is 164 cm³/mol. The van der Waals surface area contributed by atoms with E-state index < -0.39 is 0 Å². The van der Waals surface area contributed by atoms with Gasteiger partial charge >= 0.3 is 0 Å². The minimum absolute atomic E-state index is 0.732. The molecule has 39 heavy (non-hydrogen) atoms. The van der Waals surface area contributed by atoms with Crippen LogP contribution in [0.1, 0.15) is 0 Å². The van der Waals surface area contributed by atoms with Crippen LogP contribution in [0.2, 0.25) is 0 Å². The summed E-state index contributed by atoms with van der Waals surface area (Å²) in [5.74, 6) is 0.732. The highest BCUT2D eigenvalue weighted by Gasteiger charge is 2.18. The molecule has 182 valence electrons. The van der Waals surface area contributed by atoms with Gasteiger partial charge in [-0.1, -0.05) is 103 Å². The first-order valence-corrected chi connectivity index (χ1v) is 13.8. The lowest BCUT2D eigenvalue weighted by Gasteiger charge is -2.12. The Morgan fingerprint density at radius 1 is 0.513 bits per heavy atom. The highest BCUT2D eigenvalue weighted by atomic mass is 32.1. The highest BCUT2D eigenvalue weighted by Crippen LogP contribution is 2.41. The summed E-state index contributed by atoms with van der Waals surface area (Å²) in [7, 11) is 0. The van der Waals surface area contributed by atoms with Crippen LogP contribution in [0.4, 0.5) is 0 Å². The van der Waals surface area contributed by atoms with E-state index in [0.29, 0.717) is 0 Å². The first-order chi connectivity index (χ1) is 19.3. The van der Waals surface area contributed by atoms with Crippen molar-refractivity contribution in [1.82, 2.24) is 15.0 Å². The number of benzene rings is 5. The maximum atomic E-state index is 5.27. The van der Waals surface area contributed by atoms with Crippen molar-refractivity contribution in [3.8, 4) is 33.8 Å². The zero-order chi connectivity index (χ0) is 25.8. The third-order valence-electron chi connectivity index (χ3n) is 7.34. The van der Waals surface area contributed by atoms with Gasteiger partial charge in [0.2, 0.25) is 0 Å². The molecule has 0 saturated heterocycles. The van der Waals surface area contributed by atoms with Gasteiger partial charge in [-0.3, -0.25) is 4.98 Å². The monoisotopic (exact) mass is 515 g/mol. The van der Waals surface area contributed by atoms with Crippen molar-refractivity contribution >= 4 is 53.3 Å². The van der Waals surface area contributed by atoms with Gasteiger partial charge in [0.05, 0.1) is 21.4 Å². The second-order valence-corrected chi connectivity index (χ2v) is 10.7. The maximum absolute atomic E-state index is 5.27. The first kappa shape index (κ1) is 22.1. The Morgan fingerprint density at radius 3 is 2.05 bits per heavy atom. The number of hydrogen-bond acceptors (Lipinski definition) is 4. The highest BCUT2D eigenvalue weighted by molar-refractivity contribution is 7.26. The average molecular weight is 516 g/mol. The van der Waals surface area contributed by atoms with Crippen molar-refractivity contribution < 1.29 is 0 Å². The van der Waals surface area contributed by atoms with E-state index in [1.807, 2.05) is 18.3 Å². The van der Waals surface area contributed by atoms with Crippen molar-refractivity contribution in [3.05, 3.63) is 128 Å². The molecule has 0 atom stereocenters. The van der Waals surface area contributed by atoms with Gasteiger partial charge in [0, 0.05) is 38.2 Å². The molecule has 0 N–H and O–H groups in total. The van der Waals surface area contributed by atoms with Crippen LogP contribution in [0, 0.1) is 0 Å². The van der Waals surface area contributed by atoms with Crippen molar-refractivity contribution in [1.29, 1.82) is 0 Å². The first-order valence-electron chi connectivity index (χ1n) is 13.0. The van der Waals surface area contributed by atoms with Crippen LogP contribution in [-0.2, 0) is 0 Å². The molecule has 0 aliphatic rings. The summed E-state index contributed by atoms with van der Waals surface area (Å²) in [4.78, 5) is 15.2. The molecule has 0 bridgehead atoms. The zero-order valence-electron chi connectivity index (χ0n) is 20.9. The van der Waals surface area contributed by atoms with E-state index in [4.69, 9.17) is 9.97 Å². The summed E-state index contributed by atoms with van der Waals surface area (Å²) in [6, 6.07) is 42.4. The molecule has 0 radical (unpaired) electrons. The summed E-state index contributed by atoms with van der Waals surface area (Å²) in [6.45, 7) is 0. The van der Waals surface area contributed by atoms with E-state index >= 15 is 0 Å². The van der Waals surface area contributed by atoms with E-state index in [1.54, 1.807) is 11.3 Å². The largest absolute Gasteiger partial charge is 0.256 e. The molecule has 0 spiro atoms. The van der Waals surface area contributed by atoms with Gasteiger partial charge in [-0.2, -0.15) is 0 Å². The van der Waals surface area contributed by atoms with Crippen molar-refractivity contribution in [2.24, 2.45) is 0 Å². The van der Waals surface area contributed by atoms with Crippen LogP contribution >= 0.6 is 11.3 Å². The van der Waals surface area contributed by atoms with Crippen LogP contribution in [0.5, 0.6) is 0 Å². The lowest BCUT2D eigenvalue weighted by atomic mass is 9.99. The fourth-order valence-electron chi connectivity index (χ4n) is 5.46. The van der Waals surface area contributed by atoms with Gasteiger partial charge in [0.1, 0.15) is 0 Å². The van der Waals surface area contributed by atoms with Gasteiger partial charge in [0.15, 0.2) is 5.82 Å². The molecule has 0 saturated carbocycles. The van der Waals surface area contributed by atoms with E-state index in [9.17, 15) is 0 Å². The third-order valence-corrected chi connectivity index (χ3v) is 8.50. The zero-order valence-corrected chi connectivity index (χ0v) is 21.7. The molecule has 3 nitrogen and oxygen atoms in total. The van der Waals surface area contributed by atoms with Crippen LogP contribution < -0.4 is 0 Å². The Labute approximate surface area is 229 Å². The van der Waals surface area contributed by atoms with Crippen LogP contribution in [0.15, 0.2) is 128 Å². The molecule has 0 aliphatic carbocycles. The molecule has 0 unspecified atom stereocenters. The van der Waals surface area contributed by atoms with Gasteiger partial charge in [-0.05, 0) is 34.7 Å². The molecular formula is C35H21N3S. The SMILES string of the molecule is c1ccc(-c2ccc(-c3nc(-c4cc5cccnc5c5ccccc45)nc4c3sc3ccccc34)cc2)cc1. The molecule has 3 aromatic heterocycles. The quantitative estimate of drug-likeness (QED) is 0.220. The van der Waals surface area contributed by atoms with E-state index in [1.165, 1.54) is 15.8 Å². The standard InChI is InChI=1S/C35H21N3S/c1-2-9-22(10-3-1)23-16-18-24(19-17-23)32-34-33(28-14-6-7-15-30(28)39-34)38-35(37-32)29-21-25-11-8-20-36-31(25)27-13-5-4-12-26(27)29/h1-21H. The van der Waals surface area contributed by atoms with Crippen molar-refractivity contribution in [2.75, 3.05) is 0 Å². The van der Waals surface area contributed by atoms with Crippen LogP contribution in [0.3, 0.4) is 0 Å². The fraction of sp³-hybridized carbons (Fsp3) is 0. The molecule has 5 aromatic carbocycles. The van der Waals surface area contributed by atoms with Crippen LogP contribution in [-0.4, -0.2) is 15.0 Å². The second-order valence-electron chi connectivity index (χ2n) is 9.66. The molecule has 3 heterocycles. The molecule has 4 heteroatoms. The number of thiophene rings is 1. The number of aromatic nitrogens is 3. The van der Waals surface area contributed by atoms with Gasteiger partial charge in [-0.25, -0.2) is 9.97 Å². The summed E-state index contributed by atoms with van der Waals surface area (Å²) in [5, 5.41) is 4.46. The minimum Gasteiger partial charge on any atom is -0.256 e. The lowest BCUT2D eigenvalue weighted by molar-refractivity contribution is 1.25. The van der Waals surface area contributed by atoms with Gasteiger partial charge in [0.25, 0.3) is 0 Å².